The molecule has 0 aromatic carbocycles. The van der Waals surface area contributed by atoms with E-state index in [1.54, 1.807) is 13.0 Å². The lowest BCUT2D eigenvalue weighted by atomic mass is 9.58. The van der Waals surface area contributed by atoms with Crippen molar-refractivity contribution >= 4 is 5.78 Å². The first-order valence-corrected chi connectivity index (χ1v) is 9.43. The number of carbonyl (C=O) groups is 1. The van der Waals surface area contributed by atoms with Crippen LogP contribution in [0.1, 0.15) is 47.5 Å². The molecule has 4 nitrogen and oxygen atoms in total. The Labute approximate surface area is 149 Å². The van der Waals surface area contributed by atoms with E-state index in [4.69, 9.17) is 0 Å². The Morgan fingerprint density at radius 3 is 2.44 bits per heavy atom. The molecule has 0 saturated heterocycles. The molecule has 0 aliphatic heterocycles. The molecule has 25 heavy (non-hydrogen) atoms. The van der Waals surface area contributed by atoms with E-state index < -0.39 is 17.1 Å². The molecule has 3 N–H and O–H groups in total. The quantitative estimate of drug-likeness (QED) is 0.636. The summed E-state index contributed by atoms with van der Waals surface area (Å²) in [6.45, 7) is 10.4. The Morgan fingerprint density at radius 1 is 1.20 bits per heavy atom. The van der Waals surface area contributed by atoms with Gasteiger partial charge in [0.05, 0.1) is 12.2 Å². The molecule has 0 unspecified atom stereocenters. The third kappa shape index (κ3) is 1.76. The molecule has 0 heterocycles. The molecule has 7 atom stereocenters. The van der Waals surface area contributed by atoms with Gasteiger partial charge in [0.25, 0.3) is 0 Å². The molecule has 4 aliphatic rings. The topological polar surface area (TPSA) is 77.8 Å². The third-order valence-corrected chi connectivity index (χ3v) is 8.56. The zero-order valence-electron chi connectivity index (χ0n) is 15.8. The van der Waals surface area contributed by atoms with Crippen molar-refractivity contribution in [3.63, 3.8) is 0 Å². The van der Waals surface area contributed by atoms with Crippen molar-refractivity contribution in [3.05, 3.63) is 23.3 Å². The van der Waals surface area contributed by atoms with Crippen LogP contribution in [0.25, 0.3) is 0 Å². The lowest BCUT2D eigenvalue weighted by molar-refractivity contribution is -0.171. The number of ketones is 1. The van der Waals surface area contributed by atoms with E-state index in [0.29, 0.717) is 11.1 Å². The smallest absolute Gasteiger partial charge is 0.190 e. The predicted molar refractivity (Wildman–Crippen MR) is 94.6 cm³/mol. The number of carbonyl (C=O) groups excluding carboxylic acids is 1. The molecule has 0 aromatic rings. The van der Waals surface area contributed by atoms with Crippen LogP contribution in [-0.4, -0.2) is 38.9 Å². The minimum atomic E-state index is -1.64. The molecule has 2 fully saturated rings. The van der Waals surface area contributed by atoms with Crippen LogP contribution in [0.3, 0.4) is 0 Å². The number of Topliss-reactive ketones (excluding diaryl/α,β-unsaturated/α-hetero) is 1. The Bertz CT molecular complexity index is 719. The van der Waals surface area contributed by atoms with E-state index in [0.717, 1.165) is 6.42 Å². The lowest BCUT2D eigenvalue weighted by Crippen LogP contribution is -2.60. The number of aliphatic hydroxyl groups is 3. The van der Waals surface area contributed by atoms with Gasteiger partial charge in [0.1, 0.15) is 5.60 Å². The number of hydrogen-bond acceptors (Lipinski definition) is 4. The Morgan fingerprint density at radius 2 is 1.84 bits per heavy atom. The first-order chi connectivity index (χ1) is 11.4. The van der Waals surface area contributed by atoms with Crippen molar-refractivity contribution in [3.8, 4) is 0 Å². The van der Waals surface area contributed by atoms with Crippen molar-refractivity contribution in [2.24, 2.45) is 34.5 Å². The summed E-state index contributed by atoms with van der Waals surface area (Å²) in [6.07, 6.45) is 4.77. The summed E-state index contributed by atoms with van der Waals surface area (Å²) < 4.78 is 0. The zero-order valence-corrected chi connectivity index (χ0v) is 15.8. The van der Waals surface area contributed by atoms with Gasteiger partial charge in [-0.2, -0.15) is 0 Å². The van der Waals surface area contributed by atoms with Gasteiger partial charge in [0.15, 0.2) is 5.78 Å². The zero-order chi connectivity index (χ0) is 18.6. The number of hydrogen-bond donors (Lipinski definition) is 3. The van der Waals surface area contributed by atoms with E-state index in [9.17, 15) is 20.1 Å². The van der Waals surface area contributed by atoms with Crippen LogP contribution in [0.4, 0.5) is 0 Å². The van der Waals surface area contributed by atoms with Crippen LogP contribution in [0.5, 0.6) is 0 Å². The first kappa shape index (κ1) is 17.4. The molecule has 4 rings (SSSR count). The van der Waals surface area contributed by atoms with Crippen LogP contribution in [0, 0.1) is 34.5 Å². The minimum absolute atomic E-state index is 0.0405. The molecule has 0 radical (unpaired) electrons. The van der Waals surface area contributed by atoms with Gasteiger partial charge in [-0.1, -0.05) is 39.8 Å². The summed E-state index contributed by atoms with van der Waals surface area (Å²) in [6, 6.07) is 0. The van der Waals surface area contributed by atoms with E-state index in [1.807, 2.05) is 13.0 Å². The SMILES string of the molecule is CC1=C[C@H]2[C@@]3(O)[C@H](C)C[C@]4(C)[C@H]([C@@H]3C=C(CO)C[C@]2(O)C1=O)C4(C)C. The second kappa shape index (κ2) is 4.65. The fourth-order valence-electron chi connectivity index (χ4n) is 6.91. The molecular weight excluding hydrogens is 316 g/mol. The second-order valence-electron chi connectivity index (χ2n) is 9.88. The number of aliphatic hydroxyl groups excluding tert-OH is 1. The van der Waals surface area contributed by atoms with Crippen LogP contribution in [0.2, 0.25) is 0 Å². The monoisotopic (exact) mass is 346 g/mol. The van der Waals surface area contributed by atoms with E-state index in [2.05, 4.69) is 20.8 Å². The maximum Gasteiger partial charge on any atom is 0.190 e. The van der Waals surface area contributed by atoms with Crippen LogP contribution >= 0.6 is 0 Å². The van der Waals surface area contributed by atoms with Gasteiger partial charge in [-0.3, -0.25) is 4.79 Å². The highest BCUT2D eigenvalue weighted by Gasteiger charge is 2.78. The minimum Gasteiger partial charge on any atom is -0.392 e. The Kier molecular flexibility index (Phi) is 3.24. The molecule has 0 bridgehead atoms. The molecule has 0 spiro atoms. The summed E-state index contributed by atoms with van der Waals surface area (Å²) in [5.74, 6) is -0.835. The highest BCUT2D eigenvalue weighted by Crippen LogP contribution is 2.79. The van der Waals surface area contributed by atoms with Gasteiger partial charge in [0, 0.05) is 18.3 Å². The average molecular weight is 346 g/mol. The molecular formula is C21H30O4. The van der Waals surface area contributed by atoms with E-state index in [-0.39, 0.29) is 47.4 Å². The number of rotatable bonds is 1. The predicted octanol–water partition coefficient (Wildman–Crippen LogP) is 2.23. The maximum absolute atomic E-state index is 12.7. The largest absolute Gasteiger partial charge is 0.392 e. The van der Waals surface area contributed by atoms with Gasteiger partial charge >= 0.3 is 0 Å². The van der Waals surface area contributed by atoms with Crippen LogP contribution in [0.15, 0.2) is 23.3 Å². The summed E-state index contributed by atoms with van der Waals surface area (Å²) >= 11 is 0. The average Bonchev–Trinajstić information content (AvgIpc) is 2.90. The first-order valence-electron chi connectivity index (χ1n) is 9.43. The fraction of sp³-hybridized carbons (Fsp3) is 0.762. The highest BCUT2D eigenvalue weighted by molar-refractivity contribution is 6.04. The molecule has 4 heteroatoms. The Hall–Kier alpha value is -0.970. The van der Waals surface area contributed by atoms with Crippen molar-refractivity contribution in [2.45, 2.75) is 58.7 Å². The van der Waals surface area contributed by atoms with Crippen LogP contribution in [-0.2, 0) is 4.79 Å². The fourth-order valence-corrected chi connectivity index (χ4v) is 6.91. The molecule has 0 aromatic heterocycles. The molecule has 4 aliphatic carbocycles. The van der Waals surface area contributed by atoms with Gasteiger partial charge in [0.2, 0.25) is 0 Å². The van der Waals surface area contributed by atoms with Crippen LogP contribution < -0.4 is 0 Å². The summed E-state index contributed by atoms with van der Waals surface area (Å²) in [5, 5.41) is 33.2. The standard InChI is InChI=1S/C21H30O4/c1-11-6-15-20(24,17(11)23)9-13(10-22)7-14-16-18(3,4)19(16,5)8-12(2)21(14,15)25/h6-7,12,14-16,22,24-25H,8-10H2,1-5H3/t12-,14+,15-,16-,19-,20-,21-/m1/s1. The van der Waals surface area contributed by atoms with Gasteiger partial charge in [-0.05, 0) is 47.2 Å². The number of fused-ring (bicyclic) bond motifs is 5. The molecule has 138 valence electrons. The van der Waals surface area contributed by atoms with Gasteiger partial charge in [-0.15, -0.1) is 0 Å². The summed E-state index contributed by atoms with van der Waals surface area (Å²) in [4.78, 5) is 12.7. The van der Waals surface area contributed by atoms with E-state index in [1.165, 1.54) is 0 Å². The highest BCUT2D eigenvalue weighted by atomic mass is 16.3. The van der Waals surface area contributed by atoms with Crippen molar-refractivity contribution in [1.29, 1.82) is 0 Å². The van der Waals surface area contributed by atoms with Crippen molar-refractivity contribution in [2.75, 3.05) is 6.61 Å². The van der Waals surface area contributed by atoms with E-state index >= 15 is 0 Å². The van der Waals surface area contributed by atoms with Gasteiger partial charge < -0.3 is 15.3 Å². The normalized spacial score (nSPS) is 53.2. The summed E-state index contributed by atoms with van der Waals surface area (Å²) in [7, 11) is 0. The van der Waals surface area contributed by atoms with Crippen molar-refractivity contribution in [1.82, 2.24) is 0 Å². The second-order valence-corrected chi connectivity index (χ2v) is 9.88. The van der Waals surface area contributed by atoms with Gasteiger partial charge in [-0.25, -0.2) is 0 Å². The lowest BCUT2D eigenvalue weighted by Gasteiger charge is -2.50. The summed E-state index contributed by atoms with van der Waals surface area (Å²) in [5.41, 5.74) is -1.37. The molecule has 0 amide bonds. The molecule has 2 saturated carbocycles. The third-order valence-electron chi connectivity index (χ3n) is 8.56. The Balaban J connectivity index is 1.92. The van der Waals surface area contributed by atoms with Crippen molar-refractivity contribution < 1.29 is 20.1 Å². The maximum atomic E-state index is 12.7.